The quantitative estimate of drug-likeness (QED) is 0.542. The van der Waals surface area contributed by atoms with Gasteiger partial charge >= 0.3 is 11.9 Å². The summed E-state index contributed by atoms with van der Waals surface area (Å²) in [6, 6.07) is 27.1. The fraction of sp³-hybridized carbons (Fsp3) is 0.250. The summed E-state index contributed by atoms with van der Waals surface area (Å²) in [5, 5.41) is 14.8. The third-order valence-electron chi connectivity index (χ3n) is 5.92. The number of hydrogen-bond acceptors (Lipinski definition) is 4. The van der Waals surface area contributed by atoms with Gasteiger partial charge in [-0.2, -0.15) is 0 Å². The molecule has 35 heavy (non-hydrogen) atoms. The van der Waals surface area contributed by atoms with Crippen LogP contribution in [0.1, 0.15) is 28.4 Å². The van der Waals surface area contributed by atoms with E-state index in [1.807, 2.05) is 47.4 Å². The molecule has 7 nitrogen and oxygen atoms in total. The largest absolute Gasteiger partial charge is 0.473 e. The Hall–Kier alpha value is -3.97. The molecule has 4 rings (SSSR count). The summed E-state index contributed by atoms with van der Waals surface area (Å²) in [5.41, 5.74) is 5.81. The van der Waals surface area contributed by atoms with Crippen molar-refractivity contribution in [3.63, 3.8) is 0 Å². The van der Waals surface area contributed by atoms with Gasteiger partial charge in [0.15, 0.2) is 0 Å². The van der Waals surface area contributed by atoms with Crippen LogP contribution in [0, 0.1) is 0 Å². The molecule has 0 unspecified atom stereocenters. The summed E-state index contributed by atoms with van der Waals surface area (Å²) >= 11 is 0. The van der Waals surface area contributed by atoms with Crippen LogP contribution in [0.25, 0.3) is 11.1 Å². The van der Waals surface area contributed by atoms with Gasteiger partial charge in [-0.1, -0.05) is 73.7 Å². The van der Waals surface area contributed by atoms with Crippen LogP contribution in [-0.2, 0) is 22.6 Å². The number of piperazine rings is 1. The Morgan fingerprint density at radius 2 is 1.20 bits per heavy atom. The fourth-order valence-electron chi connectivity index (χ4n) is 3.87. The molecule has 0 aliphatic carbocycles. The van der Waals surface area contributed by atoms with Crippen LogP contribution in [-0.4, -0.2) is 64.0 Å². The molecule has 3 aromatic carbocycles. The van der Waals surface area contributed by atoms with Gasteiger partial charge in [-0.25, -0.2) is 9.59 Å². The molecule has 0 saturated carbocycles. The zero-order chi connectivity index (χ0) is 25.2. The van der Waals surface area contributed by atoms with Crippen molar-refractivity contribution in [2.24, 2.45) is 0 Å². The summed E-state index contributed by atoms with van der Waals surface area (Å²) in [6.45, 7) is 6.55. The molecule has 1 heterocycles. The minimum absolute atomic E-state index is 0.136. The molecule has 1 saturated heterocycles. The van der Waals surface area contributed by atoms with E-state index in [1.165, 1.54) is 16.7 Å². The van der Waals surface area contributed by atoms with Crippen LogP contribution in [0.4, 0.5) is 0 Å². The standard InChI is InChI=1S/C26H28N2O.C2H2O4/c1-2-21-8-10-22(11-9-21)20-27-16-18-28(19-17-27)26(29)25-14-12-24(13-15-25)23-6-4-3-5-7-23;3-1(4)2(5)6/h3-15H,2,16-20H2,1H3;(H,3,4)(H,5,6). The Morgan fingerprint density at radius 1 is 0.686 bits per heavy atom. The first-order valence-electron chi connectivity index (χ1n) is 11.6. The molecule has 3 aromatic rings. The SMILES string of the molecule is CCc1ccc(CN2CCN(C(=O)c3ccc(-c4ccccc4)cc3)CC2)cc1.O=C(O)C(=O)O. The van der Waals surface area contributed by atoms with Crippen molar-refractivity contribution in [3.05, 3.63) is 95.6 Å². The van der Waals surface area contributed by atoms with Crippen molar-refractivity contribution in [1.29, 1.82) is 0 Å². The fourth-order valence-corrected chi connectivity index (χ4v) is 3.87. The average molecular weight is 475 g/mol. The second-order valence-corrected chi connectivity index (χ2v) is 8.29. The number of hydrogen-bond donors (Lipinski definition) is 2. The van der Waals surface area contributed by atoms with Crippen molar-refractivity contribution < 1.29 is 24.6 Å². The summed E-state index contributed by atoms with van der Waals surface area (Å²) in [5.74, 6) is -3.51. The van der Waals surface area contributed by atoms with Gasteiger partial charge in [0.1, 0.15) is 0 Å². The second kappa shape index (κ2) is 12.5. The number of carboxylic acids is 2. The number of benzene rings is 3. The maximum absolute atomic E-state index is 12.9. The third-order valence-corrected chi connectivity index (χ3v) is 5.92. The lowest BCUT2D eigenvalue weighted by Gasteiger charge is -2.34. The van der Waals surface area contributed by atoms with Gasteiger partial charge in [0.25, 0.3) is 5.91 Å². The van der Waals surface area contributed by atoms with Crippen LogP contribution in [0.3, 0.4) is 0 Å². The van der Waals surface area contributed by atoms with Crippen LogP contribution < -0.4 is 0 Å². The number of carboxylic acid groups (broad SMARTS) is 2. The minimum atomic E-state index is -1.82. The number of carbonyl (C=O) groups is 3. The van der Waals surface area contributed by atoms with E-state index in [2.05, 4.69) is 48.2 Å². The molecule has 0 spiro atoms. The van der Waals surface area contributed by atoms with Crippen molar-refractivity contribution in [1.82, 2.24) is 9.80 Å². The smallest absolute Gasteiger partial charge is 0.414 e. The molecule has 1 aliphatic rings. The summed E-state index contributed by atoms with van der Waals surface area (Å²) < 4.78 is 0. The Bertz CT molecular complexity index is 1110. The average Bonchev–Trinajstić information content (AvgIpc) is 2.90. The first kappa shape index (κ1) is 25.6. The molecule has 0 atom stereocenters. The monoisotopic (exact) mass is 474 g/mol. The lowest BCUT2D eigenvalue weighted by molar-refractivity contribution is -0.159. The molecule has 1 amide bonds. The van der Waals surface area contributed by atoms with Gasteiger partial charge < -0.3 is 15.1 Å². The third kappa shape index (κ3) is 7.52. The van der Waals surface area contributed by atoms with Gasteiger partial charge in [-0.05, 0) is 40.8 Å². The predicted molar refractivity (Wildman–Crippen MR) is 134 cm³/mol. The molecule has 2 N–H and O–H groups in total. The summed E-state index contributed by atoms with van der Waals surface area (Å²) in [7, 11) is 0. The molecular formula is C28H30N2O5. The zero-order valence-corrected chi connectivity index (χ0v) is 19.8. The van der Waals surface area contributed by atoms with Gasteiger partial charge in [0.2, 0.25) is 0 Å². The van der Waals surface area contributed by atoms with Crippen molar-refractivity contribution in [2.75, 3.05) is 26.2 Å². The van der Waals surface area contributed by atoms with Gasteiger partial charge in [-0.15, -0.1) is 0 Å². The molecule has 0 radical (unpaired) electrons. The van der Waals surface area contributed by atoms with E-state index < -0.39 is 11.9 Å². The normalized spacial score (nSPS) is 13.5. The Morgan fingerprint density at radius 3 is 1.71 bits per heavy atom. The van der Waals surface area contributed by atoms with E-state index in [9.17, 15) is 4.79 Å². The highest BCUT2D eigenvalue weighted by atomic mass is 16.4. The minimum Gasteiger partial charge on any atom is -0.473 e. The number of rotatable bonds is 5. The van der Waals surface area contributed by atoms with Gasteiger partial charge in [0.05, 0.1) is 0 Å². The van der Waals surface area contributed by atoms with E-state index in [0.717, 1.165) is 50.3 Å². The molecule has 1 fully saturated rings. The van der Waals surface area contributed by atoms with Crippen LogP contribution in [0.15, 0.2) is 78.9 Å². The molecule has 0 bridgehead atoms. The Balaban J connectivity index is 0.000000509. The van der Waals surface area contributed by atoms with Crippen molar-refractivity contribution in [3.8, 4) is 11.1 Å². The Labute approximate surface area is 205 Å². The lowest BCUT2D eigenvalue weighted by Crippen LogP contribution is -2.48. The van der Waals surface area contributed by atoms with Gasteiger partial charge in [-0.3, -0.25) is 9.69 Å². The number of aryl methyl sites for hydroxylation is 1. The number of nitrogens with zero attached hydrogens (tertiary/aromatic N) is 2. The van der Waals surface area contributed by atoms with E-state index in [-0.39, 0.29) is 5.91 Å². The molecular weight excluding hydrogens is 444 g/mol. The van der Waals surface area contributed by atoms with Crippen LogP contribution in [0.5, 0.6) is 0 Å². The zero-order valence-electron chi connectivity index (χ0n) is 19.8. The molecule has 1 aliphatic heterocycles. The maximum Gasteiger partial charge on any atom is 0.414 e. The van der Waals surface area contributed by atoms with E-state index in [1.54, 1.807) is 0 Å². The topological polar surface area (TPSA) is 98.2 Å². The van der Waals surface area contributed by atoms with Gasteiger partial charge in [0, 0.05) is 38.3 Å². The van der Waals surface area contributed by atoms with E-state index in [0.29, 0.717) is 0 Å². The summed E-state index contributed by atoms with van der Waals surface area (Å²) in [4.78, 5) is 35.5. The van der Waals surface area contributed by atoms with Crippen LogP contribution in [0.2, 0.25) is 0 Å². The van der Waals surface area contributed by atoms with E-state index >= 15 is 0 Å². The van der Waals surface area contributed by atoms with Crippen LogP contribution >= 0.6 is 0 Å². The molecule has 7 heteroatoms. The maximum atomic E-state index is 12.9. The van der Waals surface area contributed by atoms with E-state index in [4.69, 9.17) is 19.8 Å². The first-order valence-corrected chi connectivity index (χ1v) is 11.6. The second-order valence-electron chi connectivity index (χ2n) is 8.29. The molecule has 182 valence electrons. The highest BCUT2D eigenvalue weighted by molar-refractivity contribution is 6.27. The van der Waals surface area contributed by atoms with Crippen molar-refractivity contribution in [2.45, 2.75) is 19.9 Å². The summed E-state index contributed by atoms with van der Waals surface area (Å²) in [6.07, 6.45) is 1.08. The Kier molecular flexibility index (Phi) is 9.15. The first-order chi connectivity index (χ1) is 16.9. The number of amides is 1. The molecule has 0 aromatic heterocycles. The highest BCUT2D eigenvalue weighted by Crippen LogP contribution is 2.20. The number of carbonyl (C=O) groups excluding carboxylic acids is 1. The number of aliphatic carboxylic acids is 2. The highest BCUT2D eigenvalue weighted by Gasteiger charge is 2.22. The lowest BCUT2D eigenvalue weighted by atomic mass is 10.0. The van der Waals surface area contributed by atoms with Crippen molar-refractivity contribution >= 4 is 17.8 Å². The predicted octanol–water partition coefficient (Wildman–Crippen LogP) is 4.03.